The lowest BCUT2D eigenvalue weighted by Crippen LogP contribution is -2.58. The van der Waals surface area contributed by atoms with E-state index in [1.54, 1.807) is 35.2 Å². The summed E-state index contributed by atoms with van der Waals surface area (Å²) in [5.74, 6) is -0.682. The number of hydrogen-bond donors (Lipinski definition) is 1. The van der Waals surface area contributed by atoms with Gasteiger partial charge in [0.15, 0.2) is 0 Å². The van der Waals surface area contributed by atoms with Crippen molar-refractivity contribution in [3.8, 4) is 0 Å². The first-order chi connectivity index (χ1) is 16.6. The number of halogens is 3. The molecule has 2 aromatic rings. The van der Waals surface area contributed by atoms with Gasteiger partial charge in [0.2, 0.25) is 5.91 Å². The maximum atomic E-state index is 14.9. The molecule has 0 radical (unpaired) electrons. The minimum absolute atomic E-state index is 0. The van der Waals surface area contributed by atoms with Crippen molar-refractivity contribution in [1.29, 1.82) is 0 Å². The van der Waals surface area contributed by atoms with Gasteiger partial charge in [-0.3, -0.25) is 4.79 Å². The van der Waals surface area contributed by atoms with E-state index in [0.29, 0.717) is 44.6 Å². The zero-order chi connectivity index (χ0) is 25.2. The molecule has 1 atom stereocenters. The van der Waals surface area contributed by atoms with Crippen molar-refractivity contribution in [2.45, 2.75) is 63.3 Å². The third-order valence-electron chi connectivity index (χ3n) is 7.23. The van der Waals surface area contributed by atoms with Crippen LogP contribution >= 0.6 is 12.4 Å². The predicted molar refractivity (Wildman–Crippen MR) is 139 cm³/mol. The molecule has 8 heteroatoms. The van der Waals surface area contributed by atoms with E-state index in [0.717, 1.165) is 18.4 Å². The Labute approximate surface area is 218 Å². The number of benzene rings is 2. The first-order valence-electron chi connectivity index (χ1n) is 12.5. The number of nitrogens with one attached hydrogen (secondary N) is 1. The van der Waals surface area contributed by atoms with Gasteiger partial charge < -0.3 is 15.1 Å². The molecule has 5 nitrogen and oxygen atoms in total. The van der Waals surface area contributed by atoms with Crippen LogP contribution < -0.4 is 5.32 Å². The van der Waals surface area contributed by atoms with Crippen LogP contribution in [0, 0.1) is 11.6 Å². The summed E-state index contributed by atoms with van der Waals surface area (Å²) in [5, 5.41) is 3.04. The third-order valence-corrected chi connectivity index (χ3v) is 7.23. The van der Waals surface area contributed by atoms with Gasteiger partial charge in [0.25, 0.3) is 0 Å². The van der Waals surface area contributed by atoms with E-state index < -0.39 is 16.8 Å². The minimum atomic E-state index is -1.02. The van der Waals surface area contributed by atoms with Crippen molar-refractivity contribution < 1.29 is 18.4 Å². The average molecular weight is 520 g/mol. The topological polar surface area (TPSA) is 52.7 Å². The number of carbonyl (C=O) groups excluding carboxylic acids is 2. The lowest BCUT2D eigenvalue weighted by molar-refractivity contribution is -0.130. The molecule has 2 aliphatic heterocycles. The van der Waals surface area contributed by atoms with Crippen LogP contribution in [0.2, 0.25) is 0 Å². The molecule has 36 heavy (non-hydrogen) atoms. The van der Waals surface area contributed by atoms with E-state index in [4.69, 9.17) is 0 Å². The van der Waals surface area contributed by atoms with Crippen LogP contribution in [0.5, 0.6) is 0 Å². The van der Waals surface area contributed by atoms with Crippen molar-refractivity contribution >= 4 is 24.3 Å². The van der Waals surface area contributed by atoms with Gasteiger partial charge in [-0.1, -0.05) is 30.3 Å². The molecule has 2 heterocycles. The van der Waals surface area contributed by atoms with Crippen LogP contribution in [-0.4, -0.2) is 53.5 Å². The molecule has 0 bridgehead atoms. The summed E-state index contributed by atoms with van der Waals surface area (Å²) in [7, 11) is 0. The fraction of sp³-hybridized carbons (Fsp3) is 0.500. The molecule has 2 aliphatic rings. The van der Waals surface area contributed by atoms with Crippen LogP contribution in [0.1, 0.15) is 63.5 Å². The summed E-state index contributed by atoms with van der Waals surface area (Å²) in [6.45, 7) is 7.75. The number of hydrogen-bond acceptors (Lipinski definition) is 2. The largest absolute Gasteiger partial charge is 0.351 e. The second-order valence-corrected chi connectivity index (χ2v) is 10.9. The standard InChI is InChI=1S/C28H35F2N3O2.ClH/c1-27(2,3)31-25(34)28(23-8-4-5-9-24(23)30)14-17-32(18-15-28)26(35)33-16-6-7-21(19-33)20-10-12-22(29)13-11-20;/h4-5,8-13,21H,6-7,14-19H2,1-3H3,(H,31,34);1H/t21-;/m0./s1. The van der Waals surface area contributed by atoms with Crippen molar-refractivity contribution in [1.82, 2.24) is 15.1 Å². The van der Waals surface area contributed by atoms with E-state index >= 15 is 0 Å². The average Bonchev–Trinajstić information content (AvgIpc) is 2.83. The van der Waals surface area contributed by atoms with Gasteiger partial charge in [-0.15, -0.1) is 12.4 Å². The van der Waals surface area contributed by atoms with Crippen LogP contribution in [0.15, 0.2) is 48.5 Å². The van der Waals surface area contributed by atoms with E-state index in [1.807, 2.05) is 25.7 Å². The number of urea groups is 1. The maximum Gasteiger partial charge on any atom is 0.320 e. The molecule has 0 aliphatic carbocycles. The first kappa shape index (κ1) is 27.9. The maximum absolute atomic E-state index is 14.9. The highest BCUT2D eigenvalue weighted by Gasteiger charge is 2.46. The molecule has 0 spiro atoms. The van der Waals surface area contributed by atoms with Crippen molar-refractivity contribution in [3.63, 3.8) is 0 Å². The molecule has 196 valence electrons. The highest BCUT2D eigenvalue weighted by Crippen LogP contribution is 2.38. The first-order valence-corrected chi connectivity index (χ1v) is 12.5. The SMILES string of the molecule is CC(C)(C)NC(=O)C1(c2ccccc2F)CCN(C(=O)N2CCC[C@H](c3ccc(F)cc3)C2)CC1.Cl. The molecule has 2 aromatic carbocycles. The Morgan fingerprint density at radius 3 is 2.19 bits per heavy atom. The Kier molecular flexibility index (Phi) is 8.65. The summed E-state index contributed by atoms with van der Waals surface area (Å²) >= 11 is 0. The number of rotatable bonds is 3. The molecule has 0 aromatic heterocycles. The third kappa shape index (κ3) is 6.00. The van der Waals surface area contributed by atoms with Gasteiger partial charge in [0.1, 0.15) is 11.6 Å². The van der Waals surface area contributed by atoms with Gasteiger partial charge in [0, 0.05) is 43.2 Å². The number of amides is 3. The molecule has 3 amide bonds. The number of carbonyl (C=O) groups is 2. The van der Waals surface area contributed by atoms with E-state index in [-0.39, 0.29) is 36.1 Å². The van der Waals surface area contributed by atoms with E-state index in [9.17, 15) is 18.4 Å². The Balaban J connectivity index is 0.00000361. The molecule has 1 N–H and O–H groups in total. The Morgan fingerprint density at radius 2 is 1.58 bits per heavy atom. The van der Waals surface area contributed by atoms with Gasteiger partial charge in [-0.05, 0) is 70.2 Å². The van der Waals surface area contributed by atoms with E-state index in [2.05, 4.69) is 5.32 Å². The zero-order valence-electron chi connectivity index (χ0n) is 21.2. The zero-order valence-corrected chi connectivity index (χ0v) is 22.0. The summed E-state index contributed by atoms with van der Waals surface area (Å²) < 4.78 is 28.2. The molecule has 0 saturated carbocycles. The molecular formula is C28H36ClF2N3O2. The van der Waals surface area contributed by atoms with Gasteiger partial charge in [0.05, 0.1) is 5.41 Å². The lowest BCUT2D eigenvalue weighted by atomic mass is 9.71. The van der Waals surface area contributed by atoms with Crippen molar-refractivity contribution in [2.75, 3.05) is 26.2 Å². The molecule has 4 rings (SSSR count). The number of likely N-dealkylation sites (tertiary alicyclic amines) is 2. The highest BCUT2D eigenvalue weighted by atomic mass is 35.5. The summed E-state index contributed by atoms with van der Waals surface area (Å²) in [5.41, 5.74) is -0.0393. The number of nitrogens with zero attached hydrogens (tertiary/aromatic N) is 2. The quantitative estimate of drug-likeness (QED) is 0.571. The molecule has 2 fully saturated rings. The van der Waals surface area contributed by atoms with Crippen LogP contribution in [0.4, 0.5) is 13.6 Å². The number of piperidine rings is 2. The van der Waals surface area contributed by atoms with Crippen LogP contribution in [0.25, 0.3) is 0 Å². The highest BCUT2D eigenvalue weighted by molar-refractivity contribution is 5.89. The second-order valence-electron chi connectivity index (χ2n) is 10.9. The Bertz CT molecular complexity index is 1060. The lowest BCUT2D eigenvalue weighted by Gasteiger charge is -2.44. The normalized spacial score (nSPS) is 19.9. The predicted octanol–water partition coefficient (Wildman–Crippen LogP) is 5.63. The van der Waals surface area contributed by atoms with E-state index in [1.165, 1.54) is 18.2 Å². The Morgan fingerprint density at radius 1 is 0.944 bits per heavy atom. The smallest absolute Gasteiger partial charge is 0.320 e. The van der Waals surface area contributed by atoms with Crippen LogP contribution in [-0.2, 0) is 10.2 Å². The monoisotopic (exact) mass is 519 g/mol. The summed E-state index contributed by atoms with van der Waals surface area (Å²) in [6.07, 6.45) is 2.56. The van der Waals surface area contributed by atoms with Gasteiger partial charge >= 0.3 is 6.03 Å². The summed E-state index contributed by atoms with van der Waals surface area (Å²) in [6, 6.07) is 12.9. The van der Waals surface area contributed by atoms with Crippen molar-refractivity contribution in [2.24, 2.45) is 0 Å². The van der Waals surface area contributed by atoms with Crippen LogP contribution in [0.3, 0.4) is 0 Å². The molecule has 2 saturated heterocycles. The van der Waals surface area contributed by atoms with Gasteiger partial charge in [-0.25, -0.2) is 13.6 Å². The fourth-order valence-corrected chi connectivity index (χ4v) is 5.37. The molecular weight excluding hydrogens is 484 g/mol. The second kappa shape index (κ2) is 11.2. The minimum Gasteiger partial charge on any atom is -0.351 e. The Hall–Kier alpha value is -2.67. The fourth-order valence-electron chi connectivity index (χ4n) is 5.37. The van der Waals surface area contributed by atoms with Gasteiger partial charge in [-0.2, -0.15) is 0 Å². The summed E-state index contributed by atoms with van der Waals surface area (Å²) in [4.78, 5) is 30.5. The molecule has 0 unspecified atom stereocenters. The van der Waals surface area contributed by atoms with Crippen molar-refractivity contribution in [3.05, 3.63) is 71.3 Å².